The summed E-state index contributed by atoms with van der Waals surface area (Å²) in [5, 5.41) is 14.5. The number of ether oxygens (including phenoxy) is 1. The Kier molecular flexibility index (Phi) is 8.43. The first-order chi connectivity index (χ1) is 21.3. The number of nitrogens with zero attached hydrogens (tertiary/aromatic N) is 3. The van der Waals surface area contributed by atoms with Crippen molar-refractivity contribution in [1.82, 2.24) is 20.0 Å². The van der Waals surface area contributed by atoms with Gasteiger partial charge in [-0.05, 0) is 86.4 Å². The summed E-state index contributed by atoms with van der Waals surface area (Å²) in [6.45, 7) is 3.18. The highest BCUT2D eigenvalue weighted by Crippen LogP contribution is 2.36. The van der Waals surface area contributed by atoms with E-state index in [4.69, 9.17) is 4.74 Å². The molecular weight excluding hydrogens is 566 g/mol. The number of aromatic nitrogens is 2. The van der Waals surface area contributed by atoms with Gasteiger partial charge in [0.15, 0.2) is 11.8 Å². The van der Waals surface area contributed by atoms with E-state index in [1.54, 1.807) is 0 Å². The molecule has 9 nitrogen and oxygen atoms in total. The van der Waals surface area contributed by atoms with Crippen LogP contribution in [-0.4, -0.2) is 78.3 Å². The van der Waals surface area contributed by atoms with Gasteiger partial charge in [-0.15, -0.1) is 0 Å². The minimum atomic E-state index is -0.631. The third-order valence-corrected chi connectivity index (χ3v) is 8.11. The zero-order chi connectivity index (χ0) is 30.8. The number of anilines is 2. The largest absolute Gasteiger partial charge is 0.381 e. The molecule has 0 unspecified atom stereocenters. The summed E-state index contributed by atoms with van der Waals surface area (Å²) in [6.07, 6.45) is 1.90. The van der Waals surface area contributed by atoms with Gasteiger partial charge >= 0.3 is 0 Å². The molecule has 0 spiro atoms. The Morgan fingerprint density at radius 2 is 1.86 bits per heavy atom. The van der Waals surface area contributed by atoms with E-state index in [0.717, 1.165) is 42.1 Å². The molecule has 3 aromatic carbocycles. The van der Waals surface area contributed by atoms with E-state index in [0.29, 0.717) is 72.0 Å². The molecule has 0 aliphatic carbocycles. The van der Waals surface area contributed by atoms with Crippen molar-refractivity contribution in [2.75, 3.05) is 51.0 Å². The number of nitrogens with one attached hydrogen (secondary N) is 3. The lowest BCUT2D eigenvalue weighted by molar-refractivity contribution is 0.0904. The summed E-state index contributed by atoms with van der Waals surface area (Å²) >= 11 is 0. The average molecular weight is 601 g/mol. The quantitative estimate of drug-likeness (QED) is 0.237. The van der Waals surface area contributed by atoms with Crippen molar-refractivity contribution in [2.24, 2.45) is 0 Å². The van der Waals surface area contributed by atoms with Gasteiger partial charge in [-0.25, -0.2) is 13.6 Å². The van der Waals surface area contributed by atoms with Gasteiger partial charge in [0.1, 0.15) is 17.3 Å². The number of carbonyl (C=O) groups is 1. The van der Waals surface area contributed by atoms with Crippen molar-refractivity contribution in [3.05, 3.63) is 88.0 Å². The van der Waals surface area contributed by atoms with Gasteiger partial charge < -0.3 is 25.2 Å². The Labute approximate surface area is 253 Å². The summed E-state index contributed by atoms with van der Waals surface area (Å²) in [4.78, 5) is 30.0. The normalized spacial score (nSPS) is 15.1. The highest BCUT2D eigenvalue weighted by Gasteiger charge is 2.29. The van der Waals surface area contributed by atoms with E-state index in [9.17, 15) is 18.4 Å². The molecule has 0 atom stereocenters. The van der Waals surface area contributed by atoms with Crippen LogP contribution in [0.3, 0.4) is 0 Å². The number of carbonyl (C=O) groups excluding carboxylic acids is 2. The minimum absolute atomic E-state index is 0.115. The van der Waals surface area contributed by atoms with Crippen LogP contribution in [0.5, 0.6) is 0 Å². The predicted octanol–water partition coefficient (Wildman–Crippen LogP) is 4.82. The first-order valence-electron chi connectivity index (χ1n) is 14.7. The van der Waals surface area contributed by atoms with E-state index < -0.39 is 11.6 Å². The van der Waals surface area contributed by atoms with Gasteiger partial charge in [0.2, 0.25) is 0 Å². The molecule has 1 fully saturated rings. The first-order valence-corrected chi connectivity index (χ1v) is 14.7. The number of benzene rings is 3. The average Bonchev–Trinajstić information content (AvgIpc) is 3.55. The second-order valence-corrected chi connectivity index (χ2v) is 11.6. The number of fused-ring (bicyclic) bond motifs is 2. The molecule has 2 aliphatic heterocycles. The smallest absolute Gasteiger partial charge is 0.258 e. The number of aromatic amines is 1. The van der Waals surface area contributed by atoms with Crippen LogP contribution in [0.4, 0.5) is 20.3 Å². The molecular formula is C33H34F2N6O3. The van der Waals surface area contributed by atoms with Crippen LogP contribution >= 0.6 is 0 Å². The summed E-state index contributed by atoms with van der Waals surface area (Å²) in [5.41, 5.74) is 5.23. The second-order valence-electron chi connectivity index (χ2n) is 11.6. The molecule has 2 aliphatic rings. The summed E-state index contributed by atoms with van der Waals surface area (Å²) in [7, 11) is 3.96. The topological polar surface area (TPSA) is 103 Å². The van der Waals surface area contributed by atoms with Crippen molar-refractivity contribution in [2.45, 2.75) is 31.8 Å². The molecule has 1 saturated heterocycles. The van der Waals surface area contributed by atoms with Crippen molar-refractivity contribution in [3.8, 4) is 0 Å². The fourth-order valence-electron chi connectivity index (χ4n) is 5.84. The van der Waals surface area contributed by atoms with Crippen molar-refractivity contribution >= 4 is 40.0 Å². The molecule has 44 heavy (non-hydrogen) atoms. The maximum atomic E-state index is 13.9. The minimum Gasteiger partial charge on any atom is -0.381 e. The lowest BCUT2D eigenvalue weighted by atomic mass is 10.00. The number of H-pyrrole nitrogens is 1. The van der Waals surface area contributed by atoms with Gasteiger partial charge in [-0.3, -0.25) is 9.89 Å². The molecule has 3 N–H and O–H groups in total. The van der Waals surface area contributed by atoms with Crippen molar-refractivity contribution in [1.29, 1.82) is 0 Å². The molecule has 1 aromatic heterocycles. The summed E-state index contributed by atoms with van der Waals surface area (Å²) in [5.74, 6) is 0.860. The van der Waals surface area contributed by atoms with E-state index in [1.165, 1.54) is 12.1 Å². The third kappa shape index (κ3) is 6.35. The zero-order valence-corrected chi connectivity index (χ0v) is 24.7. The van der Waals surface area contributed by atoms with Crippen molar-refractivity contribution < 1.29 is 23.1 Å². The van der Waals surface area contributed by atoms with Gasteiger partial charge in [0.05, 0.1) is 11.1 Å². The highest BCUT2D eigenvalue weighted by molar-refractivity contribution is 6.11. The third-order valence-electron chi connectivity index (χ3n) is 8.11. The predicted molar refractivity (Wildman–Crippen MR) is 165 cm³/mol. The molecule has 3 heterocycles. The Balaban J connectivity index is 1.30. The van der Waals surface area contributed by atoms with Crippen LogP contribution in [0.2, 0.25) is 0 Å². The van der Waals surface area contributed by atoms with Crippen LogP contribution in [0.15, 0.2) is 48.5 Å². The highest BCUT2D eigenvalue weighted by atomic mass is 19.1. The molecule has 0 bridgehead atoms. The van der Waals surface area contributed by atoms with E-state index in [2.05, 4.69) is 31.7 Å². The van der Waals surface area contributed by atoms with Crippen LogP contribution in [0, 0.1) is 11.6 Å². The maximum absolute atomic E-state index is 13.9. The van der Waals surface area contributed by atoms with Gasteiger partial charge in [-0.2, -0.15) is 5.10 Å². The van der Waals surface area contributed by atoms with Crippen LogP contribution in [0.25, 0.3) is 16.6 Å². The first kappa shape index (κ1) is 29.5. The Morgan fingerprint density at radius 3 is 2.59 bits per heavy atom. The lowest BCUT2D eigenvalue weighted by Crippen LogP contribution is -2.29. The zero-order valence-electron chi connectivity index (χ0n) is 24.7. The molecule has 228 valence electrons. The lowest BCUT2D eigenvalue weighted by Gasteiger charge is -2.25. The fourth-order valence-corrected chi connectivity index (χ4v) is 5.84. The Hall–Kier alpha value is -4.57. The van der Waals surface area contributed by atoms with Gasteiger partial charge in [0, 0.05) is 61.6 Å². The molecule has 0 radical (unpaired) electrons. The van der Waals surface area contributed by atoms with E-state index in [1.807, 2.05) is 49.3 Å². The van der Waals surface area contributed by atoms with Gasteiger partial charge in [-0.1, -0.05) is 6.07 Å². The van der Waals surface area contributed by atoms with Gasteiger partial charge in [0.25, 0.3) is 5.91 Å². The number of likely N-dealkylation sites (N-methyl/N-ethyl adjacent to an activating group) is 1. The van der Waals surface area contributed by atoms with Crippen molar-refractivity contribution in [3.63, 3.8) is 0 Å². The standard InChI is InChI=1S/C33H34F2N6O3/c1-40(2)7-8-41-18-22-15-28(30(17-26(22)31(41)19-42)36-25-5-9-44-10-6-25)33(43)37-32-27-14-20(3-4-29(27)38-39-32)11-21-12-23(34)16-24(35)13-21/h3-4,12-17,25,36H,5-11,18H2,1-2H3,(H2,37,38,39,43). The SMILES string of the molecule is CN(C)CCN1Cc2cc(C(=O)Nc3n[nH]c4ccc(Cc5cc(F)cc(F)c5)cc34)c(NC3CCOCC3)cc2C1=C=O. The Morgan fingerprint density at radius 1 is 1.09 bits per heavy atom. The fraction of sp³-hybridized carbons (Fsp3) is 0.333. The summed E-state index contributed by atoms with van der Waals surface area (Å²) < 4.78 is 33.0. The van der Waals surface area contributed by atoms with Crippen LogP contribution in [0.1, 0.15) is 45.5 Å². The number of amides is 1. The van der Waals surface area contributed by atoms with E-state index >= 15 is 0 Å². The Bertz CT molecular complexity index is 1740. The number of hydrogen-bond donors (Lipinski definition) is 3. The number of halogens is 2. The van der Waals surface area contributed by atoms with Crippen LogP contribution < -0.4 is 10.6 Å². The number of hydrogen-bond acceptors (Lipinski definition) is 7. The molecule has 11 heteroatoms. The van der Waals surface area contributed by atoms with E-state index in [-0.39, 0.29) is 11.9 Å². The van der Waals surface area contributed by atoms with Crippen LogP contribution in [-0.2, 0) is 22.5 Å². The molecule has 6 rings (SSSR count). The number of rotatable bonds is 9. The second kappa shape index (κ2) is 12.6. The molecule has 1 amide bonds. The molecule has 0 saturated carbocycles. The summed E-state index contributed by atoms with van der Waals surface area (Å²) in [6, 6.07) is 12.8. The molecule has 4 aromatic rings. The monoisotopic (exact) mass is 600 g/mol. The maximum Gasteiger partial charge on any atom is 0.258 e.